The Labute approximate surface area is 140 Å². The minimum atomic E-state index is -0.214. The zero-order valence-corrected chi connectivity index (χ0v) is 15.2. The number of nitrogens with one attached hydrogen (secondary N) is 2. The fourth-order valence-corrected chi connectivity index (χ4v) is 1.98. The third-order valence-electron chi connectivity index (χ3n) is 3.35. The van der Waals surface area contributed by atoms with Gasteiger partial charge in [-0.1, -0.05) is 13.3 Å². The highest BCUT2D eigenvalue weighted by Crippen LogP contribution is 2.13. The molecule has 134 valence electrons. The Morgan fingerprint density at radius 1 is 1.13 bits per heavy atom. The van der Waals surface area contributed by atoms with Gasteiger partial charge in [0.05, 0.1) is 27.7 Å². The van der Waals surface area contributed by atoms with Crippen LogP contribution in [0.3, 0.4) is 0 Å². The summed E-state index contributed by atoms with van der Waals surface area (Å²) in [5, 5.41) is 5.16. The van der Waals surface area contributed by atoms with E-state index in [4.69, 9.17) is 11.5 Å². The molecule has 0 saturated heterocycles. The molecule has 0 fully saturated rings. The summed E-state index contributed by atoms with van der Waals surface area (Å²) < 4.78 is 0.941. The van der Waals surface area contributed by atoms with Gasteiger partial charge >= 0.3 is 0 Å². The largest absolute Gasteiger partial charge is 0.370 e. The maximum absolute atomic E-state index is 11.1. The van der Waals surface area contributed by atoms with Crippen molar-refractivity contribution in [2.24, 2.45) is 27.4 Å². The number of nitrogens with zero attached hydrogens (tertiary/aromatic N) is 3. The molecule has 0 aromatic heterocycles. The predicted octanol–water partition coefficient (Wildman–Crippen LogP) is -0.536. The summed E-state index contributed by atoms with van der Waals surface area (Å²) in [7, 11) is 8.10. The number of amides is 1. The molecule has 0 aliphatic rings. The Morgan fingerprint density at radius 2 is 1.74 bits per heavy atom. The molecule has 0 aliphatic heterocycles. The Morgan fingerprint density at radius 3 is 2.26 bits per heavy atom. The molecular formula is C15H34N7O+. The molecule has 1 unspecified atom stereocenters. The topological polar surface area (TPSA) is 118 Å². The van der Waals surface area contributed by atoms with Crippen molar-refractivity contribution in [1.29, 1.82) is 0 Å². The SMILES string of the molecule is CCCC(CC[N+](C)(C)C)CN=C(N)NC(N)=NCC(=O)NC. The van der Waals surface area contributed by atoms with Gasteiger partial charge in [-0.05, 0) is 12.3 Å². The van der Waals surface area contributed by atoms with E-state index in [1.807, 2.05) is 0 Å². The van der Waals surface area contributed by atoms with Crippen LogP contribution in [0.2, 0.25) is 0 Å². The lowest BCUT2D eigenvalue weighted by atomic mass is 9.99. The van der Waals surface area contributed by atoms with Gasteiger partial charge in [0.15, 0.2) is 11.9 Å². The van der Waals surface area contributed by atoms with E-state index >= 15 is 0 Å². The Balaban J connectivity index is 4.42. The standard InChI is InChI=1S/C15H33N7O/c1-6-7-12(8-9-22(3,4)5)10-19-14(16)21-15(17)20-11-13(23)18-2/h12H,6-11H2,1-5H3,(H5-,16,17,18,19,20,21,23)/p+1. The first kappa shape index (κ1) is 21.2. The fourth-order valence-electron chi connectivity index (χ4n) is 1.98. The second-order valence-corrected chi connectivity index (χ2v) is 6.68. The van der Waals surface area contributed by atoms with E-state index in [0.717, 1.165) is 30.3 Å². The number of hydrogen-bond acceptors (Lipinski definition) is 3. The molecule has 23 heavy (non-hydrogen) atoms. The van der Waals surface area contributed by atoms with Gasteiger partial charge in [-0.2, -0.15) is 0 Å². The van der Waals surface area contributed by atoms with Crippen molar-refractivity contribution in [3.05, 3.63) is 0 Å². The fraction of sp³-hybridized carbons (Fsp3) is 0.800. The minimum Gasteiger partial charge on any atom is -0.370 e. The number of likely N-dealkylation sites (N-methyl/N-ethyl adjacent to an activating group) is 1. The van der Waals surface area contributed by atoms with Crippen LogP contribution in [0.15, 0.2) is 9.98 Å². The second kappa shape index (κ2) is 10.8. The molecule has 0 radical (unpaired) electrons. The lowest BCUT2D eigenvalue weighted by Crippen LogP contribution is -2.42. The van der Waals surface area contributed by atoms with Crippen LogP contribution in [0.25, 0.3) is 0 Å². The van der Waals surface area contributed by atoms with E-state index in [1.54, 1.807) is 7.05 Å². The second-order valence-electron chi connectivity index (χ2n) is 6.68. The van der Waals surface area contributed by atoms with Crippen LogP contribution < -0.4 is 22.1 Å². The summed E-state index contributed by atoms with van der Waals surface area (Å²) in [5.74, 6) is 0.609. The highest BCUT2D eigenvalue weighted by atomic mass is 16.1. The highest BCUT2D eigenvalue weighted by molar-refractivity contribution is 5.97. The van der Waals surface area contributed by atoms with E-state index in [9.17, 15) is 4.79 Å². The molecule has 8 heteroatoms. The van der Waals surface area contributed by atoms with E-state index in [-0.39, 0.29) is 24.4 Å². The van der Waals surface area contributed by atoms with E-state index in [0.29, 0.717) is 12.5 Å². The molecule has 0 saturated carbocycles. The van der Waals surface area contributed by atoms with Crippen LogP contribution in [0.1, 0.15) is 26.2 Å². The lowest BCUT2D eigenvalue weighted by Gasteiger charge is -2.26. The van der Waals surface area contributed by atoms with Crippen molar-refractivity contribution >= 4 is 17.8 Å². The molecule has 0 bridgehead atoms. The maximum atomic E-state index is 11.1. The summed E-state index contributed by atoms with van der Waals surface area (Å²) in [6.07, 6.45) is 3.35. The summed E-state index contributed by atoms with van der Waals surface area (Å²) in [6.45, 7) is 3.90. The molecule has 0 rings (SSSR count). The highest BCUT2D eigenvalue weighted by Gasteiger charge is 2.13. The Bertz CT molecular complexity index is 413. The van der Waals surface area contributed by atoms with Crippen LogP contribution in [0.4, 0.5) is 0 Å². The predicted molar refractivity (Wildman–Crippen MR) is 96.1 cm³/mol. The number of carbonyl (C=O) groups excluding carboxylic acids is 1. The van der Waals surface area contributed by atoms with Gasteiger partial charge in [0.2, 0.25) is 5.91 Å². The molecule has 8 nitrogen and oxygen atoms in total. The zero-order chi connectivity index (χ0) is 17.9. The number of rotatable bonds is 9. The van der Waals surface area contributed by atoms with Crippen LogP contribution in [0, 0.1) is 5.92 Å². The first-order chi connectivity index (χ1) is 10.7. The van der Waals surface area contributed by atoms with Crippen LogP contribution in [-0.2, 0) is 4.79 Å². The van der Waals surface area contributed by atoms with Gasteiger partial charge in [-0.25, -0.2) is 4.99 Å². The average Bonchev–Trinajstić information content (AvgIpc) is 2.46. The van der Waals surface area contributed by atoms with Crippen LogP contribution in [0.5, 0.6) is 0 Å². The number of aliphatic imine (C=N–C) groups is 2. The first-order valence-electron chi connectivity index (χ1n) is 8.05. The van der Waals surface area contributed by atoms with E-state index in [2.05, 4.69) is 48.7 Å². The number of carbonyl (C=O) groups is 1. The van der Waals surface area contributed by atoms with Crippen molar-refractivity contribution in [3.63, 3.8) is 0 Å². The lowest BCUT2D eigenvalue weighted by molar-refractivity contribution is -0.870. The summed E-state index contributed by atoms with van der Waals surface area (Å²) in [4.78, 5) is 19.3. The molecule has 0 aliphatic carbocycles. The third kappa shape index (κ3) is 12.4. The maximum Gasteiger partial charge on any atom is 0.241 e. The monoisotopic (exact) mass is 328 g/mol. The molecule has 1 atom stereocenters. The smallest absolute Gasteiger partial charge is 0.241 e. The molecule has 0 spiro atoms. The number of quaternary nitrogens is 1. The molecule has 0 aromatic carbocycles. The average molecular weight is 328 g/mol. The zero-order valence-electron chi connectivity index (χ0n) is 15.2. The minimum absolute atomic E-state index is 0.0371. The quantitative estimate of drug-likeness (QED) is 0.258. The molecular weight excluding hydrogens is 294 g/mol. The van der Waals surface area contributed by atoms with E-state index in [1.165, 1.54) is 0 Å². The molecule has 0 heterocycles. The van der Waals surface area contributed by atoms with Gasteiger partial charge in [0.1, 0.15) is 6.54 Å². The van der Waals surface area contributed by atoms with Gasteiger partial charge < -0.3 is 21.3 Å². The van der Waals surface area contributed by atoms with Crippen molar-refractivity contribution in [2.75, 3.05) is 47.8 Å². The number of guanidine groups is 2. The van der Waals surface area contributed by atoms with E-state index < -0.39 is 0 Å². The molecule has 1 amide bonds. The summed E-state index contributed by atoms with van der Waals surface area (Å²) in [6, 6.07) is 0. The van der Waals surface area contributed by atoms with Crippen molar-refractivity contribution in [1.82, 2.24) is 10.6 Å². The van der Waals surface area contributed by atoms with Crippen LogP contribution >= 0.6 is 0 Å². The van der Waals surface area contributed by atoms with Crippen molar-refractivity contribution in [2.45, 2.75) is 26.2 Å². The normalized spacial score (nSPS) is 14.5. The summed E-state index contributed by atoms with van der Waals surface area (Å²) in [5.41, 5.74) is 11.5. The Hall–Kier alpha value is -1.83. The number of hydrogen-bond donors (Lipinski definition) is 4. The van der Waals surface area contributed by atoms with Crippen molar-refractivity contribution in [3.8, 4) is 0 Å². The van der Waals surface area contributed by atoms with Gasteiger partial charge in [0, 0.05) is 20.0 Å². The number of nitrogens with two attached hydrogens (primary N) is 2. The molecule has 6 N–H and O–H groups in total. The summed E-state index contributed by atoms with van der Waals surface area (Å²) >= 11 is 0. The Kier molecular flexibility index (Phi) is 9.96. The van der Waals surface area contributed by atoms with Crippen molar-refractivity contribution < 1.29 is 9.28 Å². The third-order valence-corrected chi connectivity index (χ3v) is 3.35. The van der Waals surface area contributed by atoms with Gasteiger partial charge in [-0.3, -0.25) is 15.1 Å². The van der Waals surface area contributed by atoms with Gasteiger partial charge in [0.25, 0.3) is 0 Å². The van der Waals surface area contributed by atoms with Gasteiger partial charge in [-0.15, -0.1) is 0 Å². The van der Waals surface area contributed by atoms with Crippen LogP contribution in [-0.4, -0.2) is 70.1 Å². The molecule has 0 aromatic rings. The first-order valence-corrected chi connectivity index (χ1v) is 8.05.